The fourth-order valence-electron chi connectivity index (χ4n) is 2.97. The monoisotopic (exact) mass is 396 g/mol. The van der Waals surface area contributed by atoms with E-state index in [-0.39, 0.29) is 24.0 Å². The fraction of sp³-hybridized carbons (Fsp3) is 0.417. The van der Waals surface area contributed by atoms with Crippen molar-refractivity contribution in [1.29, 1.82) is 0 Å². The topological polar surface area (TPSA) is 58.6 Å². The third kappa shape index (κ3) is 6.63. The zero-order valence-electron chi connectivity index (χ0n) is 18.3. The van der Waals surface area contributed by atoms with Gasteiger partial charge in [-0.2, -0.15) is 0 Å². The van der Waals surface area contributed by atoms with E-state index in [1.165, 1.54) is 0 Å². The number of carbonyl (C=O) groups is 2. The van der Waals surface area contributed by atoms with Crippen LogP contribution in [0.5, 0.6) is 5.75 Å². The number of nitrogens with one attached hydrogen (secondary N) is 1. The maximum Gasteiger partial charge on any atom is 0.261 e. The van der Waals surface area contributed by atoms with Gasteiger partial charge in [-0.3, -0.25) is 9.59 Å². The quantitative estimate of drug-likeness (QED) is 0.769. The van der Waals surface area contributed by atoms with Crippen molar-refractivity contribution in [3.63, 3.8) is 0 Å². The van der Waals surface area contributed by atoms with Crippen LogP contribution in [0.2, 0.25) is 0 Å². The Kier molecular flexibility index (Phi) is 7.43. The lowest BCUT2D eigenvalue weighted by molar-refractivity contribution is -0.142. The highest BCUT2D eigenvalue weighted by molar-refractivity contribution is 5.88. The molecule has 5 nitrogen and oxygen atoms in total. The predicted molar refractivity (Wildman–Crippen MR) is 116 cm³/mol. The summed E-state index contributed by atoms with van der Waals surface area (Å²) in [6.45, 7) is 11.7. The lowest BCUT2D eigenvalue weighted by Gasteiger charge is -2.31. The van der Waals surface area contributed by atoms with Gasteiger partial charge in [0.2, 0.25) is 5.91 Å². The number of hydrogen-bond donors (Lipinski definition) is 1. The molecule has 2 aromatic carbocycles. The lowest BCUT2D eigenvalue weighted by atomic mass is 10.1. The van der Waals surface area contributed by atoms with Crippen LogP contribution in [0.15, 0.2) is 48.5 Å². The van der Waals surface area contributed by atoms with Gasteiger partial charge in [0.1, 0.15) is 11.8 Å². The molecule has 0 aliphatic carbocycles. The van der Waals surface area contributed by atoms with Crippen LogP contribution < -0.4 is 10.1 Å². The molecule has 0 saturated heterocycles. The number of aryl methyl sites for hydroxylation is 2. The molecule has 2 aromatic rings. The first kappa shape index (κ1) is 22.5. The van der Waals surface area contributed by atoms with Gasteiger partial charge in [0, 0.05) is 12.1 Å². The van der Waals surface area contributed by atoms with E-state index in [9.17, 15) is 9.59 Å². The number of amides is 2. The van der Waals surface area contributed by atoms with Crippen LogP contribution in [-0.2, 0) is 16.1 Å². The van der Waals surface area contributed by atoms with Crippen molar-refractivity contribution in [2.24, 2.45) is 0 Å². The fourth-order valence-corrected chi connectivity index (χ4v) is 2.97. The Hall–Kier alpha value is -2.82. The Balaban J connectivity index is 2.20. The van der Waals surface area contributed by atoms with Gasteiger partial charge in [0.15, 0.2) is 6.61 Å². The summed E-state index contributed by atoms with van der Waals surface area (Å²) in [5.74, 6) is 0.256. The van der Waals surface area contributed by atoms with Gasteiger partial charge in [0.05, 0.1) is 0 Å². The third-order valence-electron chi connectivity index (χ3n) is 4.71. The zero-order valence-corrected chi connectivity index (χ0v) is 18.3. The van der Waals surface area contributed by atoms with Crippen LogP contribution in [0.25, 0.3) is 0 Å². The zero-order chi connectivity index (χ0) is 21.6. The van der Waals surface area contributed by atoms with Crippen molar-refractivity contribution in [3.8, 4) is 5.75 Å². The number of nitrogens with zero attached hydrogens (tertiary/aromatic N) is 1. The normalized spacial score (nSPS) is 12.2. The van der Waals surface area contributed by atoms with E-state index in [4.69, 9.17) is 4.74 Å². The number of carbonyl (C=O) groups excluding carboxylic acids is 2. The Morgan fingerprint density at radius 2 is 1.59 bits per heavy atom. The number of para-hydroxylation sites is 1. The molecule has 1 N–H and O–H groups in total. The summed E-state index contributed by atoms with van der Waals surface area (Å²) in [7, 11) is 0. The molecule has 5 heteroatoms. The first-order valence-corrected chi connectivity index (χ1v) is 9.93. The number of hydrogen-bond acceptors (Lipinski definition) is 3. The van der Waals surface area contributed by atoms with E-state index in [0.717, 1.165) is 16.7 Å². The molecule has 0 radical (unpaired) electrons. The first-order valence-electron chi connectivity index (χ1n) is 9.93. The van der Waals surface area contributed by atoms with E-state index in [2.05, 4.69) is 5.32 Å². The molecule has 2 amide bonds. The number of benzene rings is 2. The van der Waals surface area contributed by atoms with Crippen molar-refractivity contribution >= 4 is 11.8 Å². The van der Waals surface area contributed by atoms with Crippen molar-refractivity contribution < 1.29 is 14.3 Å². The molecule has 0 saturated carbocycles. The summed E-state index contributed by atoms with van der Waals surface area (Å²) in [5.41, 5.74) is 2.67. The van der Waals surface area contributed by atoms with Gasteiger partial charge in [-0.1, -0.05) is 42.5 Å². The standard InChI is InChI=1S/C24H32N2O3/c1-17-11-7-9-13-20(17)15-26(19(3)23(28)25-24(4,5)6)22(27)16-29-21-14-10-8-12-18(21)2/h7-14,19H,15-16H2,1-6H3,(H,25,28). The molecule has 0 spiro atoms. The summed E-state index contributed by atoms with van der Waals surface area (Å²) in [4.78, 5) is 27.4. The highest BCUT2D eigenvalue weighted by atomic mass is 16.5. The molecule has 0 aliphatic rings. The second kappa shape index (κ2) is 9.59. The molecule has 0 fully saturated rings. The van der Waals surface area contributed by atoms with Gasteiger partial charge < -0.3 is 15.0 Å². The Morgan fingerprint density at radius 3 is 2.17 bits per heavy atom. The second-order valence-electron chi connectivity index (χ2n) is 8.42. The minimum absolute atomic E-state index is 0.121. The van der Waals surface area contributed by atoms with Gasteiger partial charge in [-0.05, 0) is 64.3 Å². The molecule has 0 heterocycles. The van der Waals surface area contributed by atoms with Crippen LogP contribution in [0.3, 0.4) is 0 Å². The van der Waals surface area contributed by atoms with E-state index in [0.29, 0.717) is 12.3 Å². The smallest absolute Gasteiger partial charge is 0.261 e. The predicted octanol–water partition coefficient (Wildman–Crippen LogP) is 4.01. The highest BCUT2D eigenvalue weighted by Gasteiger charge is 2.29. The van der Waals surface area contributed by atoms with Crippen molar-refractivity contribution in [3.05, 3.63) is 65.2 Å². The Labute approximate surface area is 174 Å². The first-order chi connectivity index (χ1) is 13.6. The molecule has 29 heavy (non-hydrogen) atoms. The molecule has 0 aromatic heterocycles. The van der Waals surface area contributed by atoms with E-state index < -0.39 is 6.04 Å². The summed E-state index contributed by atoms with van der Waals surface area (Å²) < 4.78 is 5.76. The van der Waals surface area contributed by atoms with Crippen molar-refractivity contribution in [1.82, 2.24) is 10.2 Å². The van der Waals surface area contributed by atoms with Crippen LogP contribution in [0.4, 0.5) is 0 Å². The van der Waals surface area contributed by atoms with Gasteiger partial charge in [0.25, 0.3) is 5.91 Å². The van der Waals surface area contributed by atoms with Gasteiger partial charge in [-0.15, -0.1) is 0 Å². The van der Waals surface area contributed by atoms with Crippen LogP contribution in [-0.4, -0.2) is 34.9 Å². The van der Waals surface area contributed by atoms with E-state index in [1.54, 1.807) is 11.8 Å². The second-order valence-corrected chi connectivity index (χ2v) is 8.42. The summed E-state index contributed by atoms with van der Waals surface area (Å²) >= 11 is 0. The summed E-state index contributed by atoms with van der Waals surface area (Å²) in [6, 6.07) is 14.8. The molecule has 0 bridgehead atoms. The maximum absolute atomic E-state index is 13.1. The highest BCUT2D eigenvalue weighted by Crippen LogP contribution is 2.18. The Bertz CT molecular complexity index is 855. The van der Waals surface area contributed by atoms with Gasteiger partial charge >= 0.3 is 0 Å². The van der Waals surface area contributed by atoms with Gasteiger partial charge in [-0.25, -0.2) is 0 Å². The van der Waals surface area contributed by atoms with Crippen LogP contribution >= 0.6 is 0 Å². The average molecular weight is 397 g/mol. The van der Waals surface area contributed by atoms with Crippen molar-refractivity contribution in [2.75, 3.05) is 6.61 Å². The van der Waals surface area contributed by atoms with E-state index >= 15 is 0 Å². The molecular weight excluding hydrogens is 364 g/mol. The number of ether oxygens (including phenoxy) is 1. The Morgan fingerprint density at radius 1 is 1.00 bits per heavy atom. The molecule has 2 rings (SSSR count). The molecule has 1 atom stereocenters. The van der Waals surface area contributed by atoms with Crippen molar-refractivity contribution in [2.45, 2.75) is 59.7 Å². The molecule has 156 valence electrons. The third-order valence-corrected chi connectivity index (χ3v) is 4.71. The van der Waals surface area contributed by atoms with Crippen LogP contribution in [0, 0.1) is 13.8 Å². The minimum Gasteiger partial charge on any atom is -0.484 e. The van der Waals surface area contributed by atoms with Crippen LogP contribution in [0.1, 0.15) is 44.4 Å². The largest absolute Gasteiger partial charge is 0.484 e. The summed E-state index contributed by atoms with van der Waals surface area (Å²) in [6.07, 6.45) is 0. The average Bonchev–Trinajstić information content (AvgIpc) is 2.64. The molecular formula is C24H32N2O3. The van der Waals surface area contributed by atoms with E-state index in [1.807, 2.05) is 83.1 Å². The molecule has 1 unspecified atom stereocenters. The molecule has 0 aliphatic heterocycles. The SMILES string of the molecule is Cc1ccccc1CN(C(=O)COc1ccccc1C)C(C)C(=O)NC(C)(C)C. The number of rotatable bonds is 7. The maximum atomic E-state index is 13.1. The minimum atomic E-state index is -0.623. The lowest BCUT2D eigenvalue weighted by Crippen LogP contribution is -2.53. The summed E-state index contributed by atoms with van der Waals surface area (Å²) in [5, 5.41) is 2.96.